The number of ether oxygens (including phenoxy) is 3. The highest BCUT2D eigenvalue weighted by Gasteiger charge is 2.30. The number of hydrogen-bond donors (Lipinski definition) is 14. The number of hydrogen-bond acceptors (Lipinski definition) is 33. The largest absolute Gasteiger partial charge is 0.488 e. The van der Waals surface area contributed by atoms with Gasteiger partial charge in [0.25, 0.3) is 0 Å². The van der Waals surface area contributed by atoms with Crippen molar-refractivity contribution in [3.05, 3.63) is 325 Å². The molecule has 0 radical (unpaired) electrons. The lowest BCUT2D eigenvalue weighted by Gasteiger charge is -2.17. The number of nitrogens with zero attached hydrogens (tertiary/aromatic N) is 15. The summed E-state index contributed by atoms with van der Waals surface area (Å²) in [6, 6.07) is 63.1. The highest BCUT2D eigenvalue weighted by atomic mass is 32.2. The number of fused-ring (bicyclic) bond motifs is 16. The fourth-order valence-electron chi connectivity index (χ4n) is 17.6. The number of nitrogens with one attached hydrogen (secondary N) is 14. The summed E-state index contributed by atoms with van der Waals surface area (Å²) in [6.07, 6.45) is 47.2. The van der Waals surface area contributed by atoms with Gasteiger partial charge in [-0.3, -0.25) is 9.97 Å². The molecule has 2 fully saturated rings. The minimum atomic E-state index is 0.664. The van der Waals surface area contributed by atoms with Crippen LogP contribution in [0.15, 0.2) is 284 Å². The lowest BCUT2D eigenvalue weighted by atomic mass is 10.0. The van der Waals surface area contributed by atoms with E-state index in [4.69, 9.17) is 18.6 Å². The summed E-state index contributed by atoms with van der Waals surface area (Å²) in [4.78, 5) is 46.8. The molecule has 13 aliphatic heterocycles. The predicted molar refractivity (Wildman–Crippen MR) is 582 cm³/mol. The average Bonchev–Trinajstić information content (AvgIpc) is 1.72. The van der Waals surface area contributed by atoms with Gasteiger partial charge in [0.2, 0.25) is 0 Å². The Balaban J connectivity index is 0.000000111. The molecule has 14 N–H and O–H groups in total. The van der Waals surface area contributed by atoms with Crippen molar-refractivity contribution in [1.29, 1.82) is 0 Å². The predicted octanol–water partition coefficient (Wildman–Crippen LogP) is 18.6. The first-order chi connectivity index (χ1) is 72.0. The van der Waals surface area contributed by atoms with Crippen molar-refractivity contribution in [1.82, 2.24) is 91.1 Å². The van der Waals surface area contributed by atoms with Gasteiger partial charge in [-0.2, -0.15) is 20.5 Å². The Labute approximate surface area is 852 Å². The molecule has 30 rings (SSSR count). The minimum absolute atomic E-state index is 0.664. The number of aromatic amines is 1. The summed E-state index contributed by atoms with van der Waals surface area (Å²) >= 11 is 1.86. The third kappa shape index (κ3) is 33.3. The van der Waals surface area contributed by atoms with Crippen molar-refractivity contribution in [2.24, 2.45) is 5.92 Å². The molecule has 2 unspecified atom stereocenters. The van der Waals surface area contributed by atoms with Crippen LogP contribution in [0.5, 0.6) is 17.2 Å². The zero-order chi connectivity index (χ0) is 98.6. The molecule has 1 saturated carbocycles. The first-order valence-electron chi connectivity index (χ1n) is 50.9. The third-order valence-corrected chi connectivity index (χ3v) is 26.1. The first-order valence-corrected chi connectivity index (χ1v) is 51.9. The number of anilines is 11. The maximum atomic E-state index is 5.30. The van der Waals surface area contributed by atoms with Crippen LogP contribution < -0.4 is 83.3 Å². The number of aryl methyl sites for hydroxylation is 6. The minimum Gasteiger partial charge on any atom is -0.488 e. The molecule has 2 bridgehead atoms. The second-order valence-corrected chi connectivity index (χ2v) is 36.5. The summed E-state index contributed by atoms with van der Waals surface area (Å²) in [7, 11) is 0. The van der Waals surface area contributed by atoms with Crippen LogP contribution in [0.1, 0.15) is 114 Å². The number of para-hydroxylation sites is 5. The van der Waals surface area contributed by atoms with E-state index in [1.54, 1.807) is 43.6 Å². The number of furan rings is 1. The van der Waals surface area contributed by atoms with Crippen LogP contribution in [0.3, 0.4) is 0 Å². The highest BCUT2D eigenvalue weighted by molar-refractivity contribution is 7.99. The van der Waals surface area contributed by atoms with Crippen LogP contribution in [0.25, 0.3) is 22.0 Å². The van der Waals surface area contributed by atoms with E-state index in [9.17, 15) is 0 Å². The molecule has 1 saturated heterocycles. The molecular weight excluding hydrogens is 1840 g/mol. The molecule has 4 aromatic carbocycles. The van der Waals surface area contributed by atoms with E-state index in [0.717, 1.165) is 238 Å². The van der Waals surface area contributed by atoms with Crippen LogP contribution in [0, 0.1) is 5.92 Å². The van der Waals surface area contributed by atoms with Crippen molar-refractivity contribution in [2.45, 2.75) is 133 Å². The summed E-state index contributed by atoms with van der Waals surface area (Å²) in [5.41, 5.74) is 17.2. The van der Waals surface area contributed by atoms with Crippen LogP contribution in [0.4, 0.5) is 63.7 Å². The molecule has 25 heterocycles. The second-order valence-electron chi connectivity index (χ2n) is 35.3. The lowest BCUT2D eigenvalue weighted by Crippen LogP contribution is -2.23. The molecule has 1 aliphatic carbocycles. The molecule has 14 aliphatic rings. The Morgan fingerprint density at radius 3 is 1.52 bits per heavy atom. The number of benzene rings is 4. The van der Waals surface area contributed by atoms with E-state index in [0.29, 0.717) is 13.2 Å². The van der Waals surface area contributed by atoms with Crippen LogP contribution >= 0.6 is 11.8 Å². The summed E-state index contributed by atoms with van der Waals surface area (Å²) < 4.78 is 21.0. The van der Waals surface area contributed by atoms with Crippen molar-refractivity contribution in [3.63, 3.8) is 0 Å². The Bertz CT molecular complexity index is 5220. The van der Waals surface area contributed by atoms with Crippen molar-refractivity contribution in [2.75, 3.05) is 169 Å². The van der Waals surface area contributed by atoms with Gasteiger partial charge in [0.1, 0.15) is 83.5 Å². The second kappa shape index (κ2) is 58.2. The Kier molecular flexibility index (Phi) is 41.2. The van der Waals surface area contributed by atoms with Gasteiger partial charge in [0.15, 0.2) is 28.9 Å². The van der Waals surface area contributed by atoms with E-state index >= 15 is 0 Å². The van der Waals surface area contributed by atoms with Gasteiger partial charge in [0, 0.05) is 173 Å². The van der Waals surface area contributed by atoms with Crippen molar-refractivity contribution in [3.8, 4) is 17.2 Å². The fourth-order valence-corrected chi connectivity index (χ4v) is 18.4. The van der Waals surface area contributed by atoms with Crippen LogP contribution in [-0.4, -0.2) is 197 Å². The first kappa shape index (κ1) is 102. The molecule has 34 heteroatoms. The van der Waals surface area contributed by atoms with Crippen molar-refractivity contribution >= 4 is 97.5 Å². The number of piperidine rings is 1. The Hall–Kier alpha value is -15.4. The summed E-state index contributed by atoms with van der Waals surface area (Å²) in [6.45, 7) is 16.8. The van der Waals surface area contributed by atoms with Crippen molar-refractivity contribution < 1.29 is 18.6 Å². The number of H-pyrrole nitrogens is 1. The number of thioether (sulfide) groups is 1. The van der Waals surface area contributed by atoms with E-state index in [1.165, 1.54) is 152 Å². The maximum absolute atomic E-state index is 5.30. The number of aromatic nitrogens is 16. The number of rotatable bonds is 0. The van der Waals surface area contributed by atoms with Gasteiger partial charge < -0.3 is 87.7 Å². The molecule has 16 aromatic rings. The quantitative estimate of drug-likeness (QED) is 0.0670. The van der Waals surface area contributed by atoms with Gasteiger partial charge in [0.05, 0.1) is 30.4 Å². The van der Waals surface area contributed by atoms with E-state index in [1.807, 2.05) is 195 Å². The normalized spacial score (nSPS) is 16.4. The van der Waals surface area contributed by atoms with Gasteiger partial charge in [-0.1, -0.05) is 84.9 Å². The molecule has 0 spiro atoms. The standard InChI is InChI=1S/C9H12N2.C9H11N.2C8H10N2.C8H8O2.C8H6O.4C7H9N3.C7H8N2O.C7H8N2S.C7H8N2.C6H5N3.C6H11N/c1-2-6-10-9-8(4-1)5-3-7-11-9;1-2-4-9-7-10-6-5-8(9)3-1;1-3-7-4-2-6-10-8(7)9-5-1;1-2-7-6-9-5-3-8(7)10-4-1;1-2-4-8-7(3-1)9-5-6-10-8;1-2-4-8-7(3-1)5-6-9-8;1-2-6-3-5-9-10-7(6)8-4-1;1-2-6-4-8-5-10-7(6)9-3-1;2*1-2-6-7(9-3-1)10-5-4-8-6;2*1-2-6-7(8-3-1)9-4-5-10-6;1-2-6-3-5-9-7(6)8-4-1;1-2-4-6-5(3-1)7-9-8-6;1-2-6-3-5(1)4-7-6/h3,5,7H,1-2,4,6H2,(H,10,11);1-4,10H,5-7H2;1,3,5H,2,4,6H2,(H,9,10);3,5-6,10H,1-2,4H2;1-4H,5-6H2;1-6H;3,5H,1-2,4H2,(H,8,10);4-5H,1-3H2,(H,8,9,10);4-5H,1-3H2,(H,9,10);1-3,8H,4-5H2,(H,9,10);2*1-3H,4-5H2,(H,8,9);1-2,4H,3,5H2,(H,8,9);1-4H,(H,7,8,9);5-7H,1-4H2. The van der Waals surface area contributed by atoms with Crippen LogP contribution in [-0.2, 0) is 57.9 Å². The van der Waals surface area contributed by atoms with E-state index in [2.05, 4.69) is 198 Å². The summed E-state index contributed by atoms with van der Waals surface area (Å²) in [5.74, 6) is 13.8. The maximum Gasteiger partial charge on any atom is 0.168 e. The zero-order valence-corrected chi connectivity index (χ0v) is 83.2. The average molecular weight is 1970 g/mol. The monoisotopic (exact) mass is 1970 g/mol. The lowest BCUT2D eigenvalue weighted by molar-refractivity contribution is 0.171. The van der Waals surface area contributed by atoms with Gasteiger partial charge in [-0.25, -0.2) is 44.9 Å². The van der Waals surface area contributed by atoms with E-state index < -0.39 is 0 Å². The smallest absolute Gasteiger partial charge is 0.168 e. The molecule has 0 amide bonds. The molecule has 12 aromatic heterocycles. The molecule has 2 atom stereocenters. The molecule has 33 nitrogen and oxygen atoms in total. The van der Waals surface area contributed by atoms with Crippen LogP contribution in [0.2, 0.25) is 0 Å². The number of pyridine rings is 7. The topological polar surface area (TPSA) is 406 Å². The molecule has 145 heavy (non-hydrogen) atoms. The van der Waals surface area contributed by atoms with Gasteiger partial charge in [-0.15, -0.1) is 16.9 Å². The fraction of sp³-hybridized carbons (Fsp3) is 0.342. The van der Waals surface area contributed by atoms with E-state index in [-0.39, 0.29) is 0 Å². The SMILES string of the molecule is C1CC2CC1CN2.c1cc2c(cn1)CCCN2.c1cc2c(nn1)NCCC2.c1ccc2c(c1)CCNC2.c1ccc2c(c1)OCCO2.c1ccc2n[nH]nc2c1.c1ccc2occc2c1.c1cnc2c(c1)CCCCN2.c1cnc2c(c1)CCCN2.c1cnc2c(c1)CCN2.c1cnc2c(c1)NCCN2.c1cnc2c(c1)OCCN2.c1cnc2c(c1)SCCN2.c1cnc2c(n1)CCCN2.c1ncc2c(n1)NCCC2. The Morgan fingerprint density at radius 1 is 0.317 bits per heavy atom. The molecular formula is C111H133N29O4S. The molecule has 752 valence electrons. The third-order valence-electron chi connectivity index (χ3n) is 25.0. The Morgan fingerprint density at radius 2 is 0.848 bits per heavy atom. The summed E-state index contributed by atoms with van der Waals surface area (Å²) in [5, 5.41) is 61.5. The highest BCUT2D eigenvalue weighted by Crippen LogP contribution is 2.33. The van der Waals surface area contributed by atoms with Gasteiger partial charge in [-0.05, 0) is 277 Å². The zero-order valence-electron chi connectivity index (χ0n) is 82.3. The van der Waals surface area contributed by atoms with Gasteiger partial charge >= 0.3 is 0 Å².